The lowest BCUT2D eigenvalue weighted by Crippen LogP contribution is -2.63. The third-order valence-corrected chi connectivity index (χ3v) is 14.2. The van der Waals surface area contributed by atoms with Crippen molar-refractivity contribution in [1.82, 2.24) is 20.9 Å². The van der Waals surface area contributed by atoms with Gasteiger partial charge in [-0.3, -0.25) is 16.2 Å². The topological polar surface area (TPSA) is 217 Å². The monoisotopic (exact) mass is 753 g/mol. The SMILES string of the molecule is C[C@H](CCCN(C)Cc1ccccc1)C1CC[C@H]2C3[C@H](OCCNC(=N)N)CC4C[C@H](OCCNC(=N)N)CCC4(C)[C@H]3C[C@H](OCCNC(=N)N)C12C. The van der Waals surface area contributed by atoms with E-state index in [-0.39, 0.29) is 47.0 Å². The summed E-state index contributed by atoms with van der Waals surface area (Å²) in [5.41, 5.74) is 18.3. The summed E-state index contributed by atoms with van der Waals surface area (Å²) in [6.45, 7) is 12.8. The molecule has 0 bridgehead atoms. The maximum atomic E-state index is 7.71. The Morgan fingerprint density at radius 1 is 0.833 bits per heavy atom. The van der Waals surface area contributed by atoms with Crippen molar-refractivity contribution in [1.29, 1.82) is 16.2 Å². The van der Waals surface area contributed by atoms with Crippen LogP contribution in [0.3, 0.4) is 0 Å². The van der Waals surface area contributed by atoms with Crippen molar-refractivity contribution < 1.29 is 14.2 Å². The number of nitrogens with zero attached hydrogens (tertiary/aromatic N) is 1. The zero-order valence-corrected chi connectivity index (χ0v) is 33.5. The van der Waals surface area contributed by atoms with Gasteiger partial charge in [0.15, 0.2) is 17.9 Å². The van der Waals surface area contributed by atoms with Gasteiger partial charge in [0.2, 0.25) is 0 Å². The Morgan fingerprint density at radius 2 is 1.46 bits per heavy atom. The van der Waals surface area contributed by atoms with Crippen LogP contribution in [-0.4, -0.2) is 94.1 Å². The lowest BCUT2D eigenvalue weighted by atomic mass is 9.43. The molecule has 0 spiro atoms. The molecular formula is C41H72N10O3. The summed E-state index contributed by atoms with van der Waals surface area (Å²) in [6, 6.07) is 10.7. The lowest BCUT2D eigenvalue weighted by Gasteiger charge is -2.65. The molecule has 304 valence electrons. The van der Waals surface area contributed by atoms with Crippen LogP contribution in [0.4, 0.5) is 0 Å². The van der Waals surface area contributed by atoms with Crippen molar-refractivity contribution in [2.24, 2.45) is 63.5 Å². The predicted octanol–water partition coefficient (Wildman–Crippen LogP) is 4.02. The second-order valence-electron chi connectivity index (χ2n) is 17.4. The molecule has 13 nitrogen and oxygen atoms in total. The zero-order chi connectivity index (χ0) is 38.9. The molecule has 0 aromatic heterocycles. The molecule has 0 aliphatic heterocycles. The highest BCUT2D eigenvalue weighted by atomic mass is 16.5. The molecule has 12 N–H and O–H groups in total. The van der Waals surface area contributed by atoms with Gasteiger partial charge in [-0.2, -0.15) is 0 Å². The summed E-state index contributed by atoms with van der Waals surface area (Å²) in [5.74, 6) is 2.85. The third-order valence-electron chi connectivity index (χ3n) is 14.2. The largest absolute Gasteiger partial charge is 0.376 e. The number of ether oxygens (including phenoxy) is 3. The van der Waals surface area contributed by atoms with Gasteiger partial charge in [0.25, 0.3) is 0 Å². The quantitative estimate of drug-likeness (QED) is 0.0562. The Labute approximate surface area is 324 Å². The third kappa shape index (κ3) is 10.2. The van der Waals surface area contributed by atoms with Crippen LogP contribution in [0.25, 0.3) is 0 Å². The van der Waals surface area contributed by atoms with Crippen LogP contribution in [0.2, 0.25) is 0 Å². The summed E-state index contributed by atoms with van der Waals surface area (Å²) < 4.78 is 20.3. The minimum atomic E-state index is -0.0273. The van der Waals surface area contributed by atoms with E-state index in [1.165, 1.54) is 31.2 Å². The summed E-state index contributed by atoms with van der Waals surface area (Å²) >= 11 is 0. The average Bonchev–Trinajstić information content (AvgIpc) is 3.48. The van der Waals surface area contributed by atoms with Crippen LogP contribution in [0, 0.1) is 62.6 Å². The zero-order valence-electron chi connectivity index (χ0n) is 33.5. The van der Waals surface area contributed by atoms with Crippen molar-refractivity contribution in [3.8, 4) is 0 Å². The Morgan fingerprint density at radius 3 is 2.11 bits per heavy atom. The smallest absolute Gasteiger partial charge is 0.185 e. The van der Waals surface area contributed by atoms with E-state index in [9.17, 15) is 0 Å². The normalized spacial score (nSPS) is 33.6. The summed E-state index contributed by atoms with van der Waals surface area (Å²) in [5, 5.41) is 31.7. The highest BCUT2D eigenvalue weighted by Crippen LogP contribution is 2.69. The van der Waals surface area contributed by atoms with Gasteiger partial charge in [0, 0.05) is 31.6 Å². The molecule has 13 heteroatoms. The number of benzene rings is 1. The minimum absolute atomic E-state index is 0.000780. The van der Waals surface area contributed by atoms with E-state index < -0.39 is 0 Å². The standard InChI is InChI=1S/C41H72N10O3/c1-27(9-8-19-51(4)26-28-10-6-5-7-11-28)31-12-13-32-36-33(25-35(41(31,32)3)54-22-18-50-39(46)47)40(2)15-14-30(52-20-16-48-37(42)43)23-29(40)24-34(36)53-21-17-49-38(44)45/h5-7,10-11,27,29-36H,8-9,12-26H2,1-4H3,(H4,42,43,48)(H4,44,45,49)(H4,46,47,50)/t27-,29?,30-,31?,32+,33+,34-,35+,36?,40?,41?/m1/s1. The second kappa shape index (κ2) is 19.1. The fourth-order valence-corrected chi connectivity index (χ4v) is 11.7. The molecule has 4 aliphatic rings. The van der Waals surface area contributed by atoms with Crippen molar-refractivity contribution >= 4 is 17.9 Å². The molecule has 5 rings (SSSR count). The first kappa shape index (κ1) is 42.0. The molecule has 4 aliphatic carbocycles. The van der Waals surface area contributed by atoms with Gasteiger partial charge in [-0.05, 0) is 118 Å². The van der Waals surface area contributed by atoms with Gasteiger partial charge in [-0.25, -0.2) is 0 Å². The molecular weight excluding hydrogens is 681 g/mol. The molecule has 54 heavy (non-hydrogen) atoms. The first-order valence-electron chi connectivity index (χ1n) is 20.6. The average molecular weight is 753 g/mol. The highest BCUT2D eigenvalue weighted by Gasteiger charge is 2.66. The second-order valence-corrected chi connectivity index (χ2v) is 17.4. The number of nitrogens with one attached hydrogen (secondary N) is 6. The Hall–Kier alpha value is -3.13. The predicted molar refractivity (Wildman–Crippen MR) is 216 cm³/mol. The van der Waals surface area contributed by atoms with Crippen LogP contribution < -0.4 is 33.2 Å². The summed E-state index contributed by atoms with van der Waals surface area (Å²) in [6.07, 6.45) is 10.3. The van der Waals surface area contributed by atoms with Gasteiger partial charge in [0.1, 0.15) is 0 Å². The number of hydrogen-bond acceptors (Lipinski definition) is 7. The molecule has 4 saturated carbocycles. The molecule has 4 fully saturated rings. The summed E-state index contributed by atoms with van der Waals surface area (Å²) in [7, 11) is 2.24. The van der Waals surface area contributed by atoms with Gasteiger partial charge >= 0.3 is 0 Å². The van der Waals surface area contributed by atoms with E-state index in [0.29, 0.717) is 75.0 Å². The molecule has 0 amide bonds. The van der Waals surface area contributed by atoms with Crippen molar-refractivity contribution in [3.63, 3.8) is 0 Å². The van der Waals surface area contributed by atoms with Crippen LogP contribution >= 0.6 is 0 Å². The molecule has 0 heterocycles. The van der Waals surface area contributed by atoms with Crippen molar-refractivity contribution in [2.75, 3.05) is 53.0 Å². The molecule has 0 saturated heterocycles. The van der Waals surface area contributed by atoms with Crippen molar-refractivity contribution in [3.05, 3.63) is 35.9 Å². The maximum absolute atomic E-state index is 7.71. The number of nitrogens with two attached hydrogens (primary N) is 3. The van der Waals surface area contributed by atoms with Crippen molar-refractivity contribution in [2.45, 2.75) is 103 Å². The Balaban J connectivity index is 1.35. The lowest BCUT2D eigenvalue weighted by molar-refractivity contribution is -0.226. The van der Waals surface area contributed by atoms with Gasteiger partial charge in [-0.1, -0.05) is 51.1 Å². The van der Waals surface area contributed by atoms with Crippen LogP contribution in [0.1, 0.15) is 84.1 Å². The molecule has 5 unspecified atom stereocenters. The van der Waals surface area contributed by atoms with E-state index in [4.69, 9.17) is 47.6 Å². The fraction of sp³-hybridized carbons (Fsp3) is 0.780. The van der Waals surface area contributed by atoms with Crippen LogP contribution in [0.15, 0.2) is 30.3 Å². The molecule has 1 aromatic rings. The maximum Gasteiger partial charge on any atom is 0.185 e. The minimum Gasteiger partial charge on any atom is -0.376 e. The summed E-state index contributed by atoms with van der Waals surface area (Å²) in [4.78, 5) is 2.45. The van der Waals surface area contributed by atoms with Crippen LogP contribution in [-0.2, 0) is 20.8 Å². The number of guanidine groups is 3. The van der Waals surface area contributed by atoms with E-state index >= 15 is 0 Å². The van der Waals surface area contributed by atoms with E-state index in [1.807, 2.05) is 0 Å². The Kier molecular flexibility index (Phi) is 14.9. The fourth-order valence-electron chi connectivity index (χ4n) is 11.7. The van der Waals surface area contributed by atoms with E-state index in [2.05, 4.69) is 79.0 Å². The molecule has 0 radical (unpaired) electrons. The van der Waals surface area contributed by atoms with Gasteiger partial charge < -0.3 is 52.3 Å². The number of rotatable bonds is 19. The molecule has 1 aromatic carbocycles. The molecule has 11 atom stereocenters. The first-order valence-corrected chi connectivity index (χ1v) is 20.6. The van der Waals surface area contributed by atoms with E-state index in [0.717, 1.165) is 45.2 Å². The van der Waals surface area contributed by atoms with Gasteiger partial charge in [-0.15, -0.1) is 0 Å². The van der Waals surface area contributed by atoms with E-state index in [1.54, 1.807) is 0 Å². The Bertz CT molecular complexity index is 1370. The number of hydrogen-bond donors (Lipinski definition) is 9. The highest BCUT2D eigenvalue weighted by molar-refractivity contribution is 5.74. The van der Waals surface area contributed by atoms with Gasteiger partial charge in [0.05, 0.1) is 38.1 Å². The number of fused-ring (bicyclic) bond motifs is 5. The first-order chi connectivity index (χ1) is 25.8. The van der Waals surface area contributed by atoms with Crippen LogP contribution in [0.5, 0.6) is 0 Å².